The Morgan fingerprint density at radius 3 is 1.62 bits per heavy atom. The first-order chi connectivity index (χ1) is 16.7. The van der Waals surface area contributed by atoms with Crippen LogP contribution < -0.4 is 0 Å². The molecule has 3 heteroatoms. The Labute approximate surface area is 198 Å². The largest absolute Gasteiger partial charge is 0.473 e. The van der Waals surface area contributed by atoms with Crippen molar-refractivity contribution in [3.63, 3.8) is 0 Å². The van der Waals surface area contributed by atoms with Crippen LogP contribution in [0.15, 0.2) is 127 Å². The summed E-state index contributed by atoms with van der Waals surface area (Å²) in [7, 11) is 0. The minimum absolute atomic E-state index is 0.131. The summed E-state index contributed by atoms with van der Waals surface area (Å²) in [5, 5.41) is 0. The van der Waals surface area contributed by atoms with Gasteiger partial charge in [-0.15, -0.1) is 0 Å². The fourth-order valence-electron chi connectivity index (χ4n) is 5.30. The van der Waals surface area contributed by atoms with Crippen molar-refractivity contribution >= 4 is 11.6 Å². The summed E-state index contributed by atoms with van der Waals surface area (Å²) < 4.78 is 6.75. The Hall–Kier alpha value is -4.24. The van der Waals surface area contributed by atoms with E-state index in [1.807, 2.05) is 91.0 Å². The van der Waals surface area contributed by atoms with Gasteiger partial charge in [0.25, 0.3) is 0 Å². The Kier molecular flexibility index (Phi) is 4.77. The molecule has 0 fully saturated rings. The summed E-state index contributed by atoms with van der Waals surface area (Å²) in [4.78, 5) is 27.6. The molecule has 0 radical (unpaired) electrons. The van der Waals surface area contributed by atoms with Gasteiger partial charge in [-0.3, -0.25) is 9.59 Å². The van der Waals surface area contributed by atoms with Gasteiger partial charge in [-0.25, -0.2) is 0 Å². The summed E-state index contributed by atoms with van der Waals surface area (Å²) in [6.07, 6.45) is 0.505. The quantitative estimate of drug-likeness (QED) is 0.365. The highest BCUT2D eigenvalue weighted by Gasteiger charge is 2.50. The van der Waals surface area contributed by atoms with Crippen LogP contribution in [0.25, 0.3) is 0 Å². The molecule has 1 aliphatic heterocycles. The maximum Gasteiger partial charge on any atom is 0.228 e. The van der Waals surface area contributed by atoms with E-state index in [0.29, 0.717) is 23.1 Å². The second kappa shape index (κ2) is 7.96. The van der Waals surface area contributed by atoms with Crippen LogP contribution in [-0.4, -0.2) is 11.6 Å². The predicted molar refractivity (Wildman–Crippen MR) is 131 cm³/mol. The molecule has 0 saturated carbocycles. The molecule has 0 saturated heterocycles. The summed E-state index contributed by atoms with van der Waals surface area (Å²) in [5.74, 6) is -0.498. The fraction of sp³-hybridized carbons (Fsp3) is 0.0968. The standard InChI is InChI=1S/C31H22O3/c32-28-24-18-10-11-19-25(24)29(33)30-27(28)26(21-12-4-1-5-13-21)20-31(34-30,22-14-6-2-7-15-22)23-16-8-3-9-17-23/h1-19,26H,20H2. The molecule has 1 atom stereocenters. The molecule has 164 valence electrons. The van der Waals surface area contributed by atoms with E-state index >= 15 is 0 Å². The van der Waals surface area contributed by atoms with Crippen molar-refractivity contribution in [2.24, 2.45) is 0 Å². The summed E-state index contributed by atoms with van der Waals surface area (Å²) >= 11 is 0. The molecule has 4 aromatic carbocycles. The van der Waals surface area contributed by atoms with E-state index in [1.165, 1.54) is 0 Å². The van der Waals surface area contributed by atoms with Crippen molar-refractivity contribution in [1.29, 1.82) is 0 Å². The fourth-order valence-corrected chi connectivity index (χ4v) is 5.30. The van der Waals surface area contributed by atoms with Gasteiger partial charge >= 0.3 is 0 Å². The van der Waals surface area contributed by atoms with Crippen molar-refractivity contribution in [2.75, 3.05) is 0 Å². The first kappa shape index (κ1) is 20.4. The van der Waals surface area contributed by atoms with E-state index in [0.717, 1.165) is 16.7 Å². The van der Waals surface area contributed by atoms with Crippen molar-refractivity contribution in [3.05, 3.63) is 154 Å². The number of ether oxygens (including phenoxy) is 1. The lowest BCUT2D eigenvalue weighted by Crippen LogP contribution is -2.42. The van der Waals surface area contributed by atoms with E-state index in [1.54, 1.807) is 24.3 Å². The van der Waals surface area contributed by atoms with Gasteiger partial charge in [0.2, 0.25) is 5.78 Å². The second-order valence-corrected chi connectivity index (χ2v) is 8.78. The number of Topliss-reactive ketones (excluding diaryl/α,β-unsaturated/α-hetero) is 2. The zero-order chi connectivity index (χ0) is 23.1. The van der Waals surface area contributed by atoms with Gasteiger partial charge in [0.1, 0.15) is 0 Å². The molecule has 3 nitrogen and oxygen atoms in total. The summed E-state index contributed by atoms with van der Waals surface area (Å²) in [6, 6.07) is 37.0. The number of benzene rings is 4. The van der Waals surface area contributed by atoms with E-state index in [2.05, 4.69) is 0 Å². The first-order valence-electron chi connectivity index (χ1n) is 11.5. The molecule has 1 aliphatic carbocycles. The van der Waals surface area contributed by atoms with Crippen LogP contribution in [0.1, 0.15) is 49.7 Å². The number of ketones is 2. The zero-order valence-electron chi connectivity index (χ0n) is 18.5. The zero-order valence-corrected chi connectivity index (χ0v) is 18.5. The molecule has 0 spiro atoms. The Bertz CT molecular complexity index is 1380. The Morgan fingerprint density at radius 2 is 1.06 bits per heavy atom. The normalized spacial score (nSPS) is 18.6. The maximum atomic E-state index is 13.8. The number of fused-ring (bicyclic) bond motifs is 1. The van der Waals surface area contributed by atoms with Gasteiger partial charge in [-0.2, -0.15) is 0 Å². The monoisotopic (exact) mass is 442 g/mol. The molecule has 0 N–H and O–H groups in total. The van der Waals surface area contributed by atoms with Crippen LogP contribution in [0.4, 0.5) is 0 Å². The van der Waals surface area contributed by atoms with Crippen molar-refractivity contribution in [1.82, 2.24) is 0 Å². The van der Waals surface area contributed by atoms with Crippen molar-refractivity contribution in [2.45, 2.75) is 17.9 Å². The van der Waals surface area contributed by atoms with Crippen LogP contribution in [0, 0.1) is 0 Å². The number of allylic oxidation sites excluding steroid dienone is 2. The predicted octanol–water partition coefficient (Wildman–Crippen LogP) is 6.47. The Morgan fingerprint density at radius 1 is 0.588 bits per heavy atom. The lowest BCUT2D eigenvalue weighted by Gasteiger charge is -2.44. The topological polar surface area (TPSA) is 43.4 Å². The van der Waals surface area contributed by atoms with Gasteiger partial charge in [-0.1, -0.05) is 115 Å². The van der Waals surface area contributed by atoms with Crippen LogP contribution in [0.2, 0.25) is 0 Å². The van der Waals surface area contributed by atoms with E-state index in [9.17, 15) is 9.59 Å². The Balaban J connectivity index is 1.64. The average molecular weight is 443 g/mol. The molecule has 6 rings (SSSR count). The van der Waals surface area contributed by atoms with Gasteiger partial charge < -0.3 is 4.74 Å². The molecule has 1 unspecified atom stereocenters. The molecule has 34 heavy (non-hydrogen) atoms. The summed E-state index contributed by atoms with van der Waals surface area (Å²) in [6.45, 7) is 0. The third kappa shape index (κ3) is 3.05. The first-order valence-corrected chi connectivity index (χ1v) is 11.5. The number of carbonyl (C=O) groups is 2. The van der Waals surface area contributed by atoms with Crippen LogP contribution in [-0.2, 0) is 10.3 Å². The molecule has 4 aromatic rings. The maximum absolute atomic E-state index is 13.8. The number of hydrogen-bond donors (Lipinski definition) is 0. The minimum Gasteiger partial charge on any atom is -0.473 e. The minimum atomic E-state index is -0.913. The molecule has 0 aromatic heterocycles. The van der Waals surface area contributed by atoms with Gasteiger partial charge in [0.05, 0.1) is 5.57 Å². The van der Waals surface area contributed by atoms with Crippen molar-refractivity contribution < 1.29 is 14.3 Å². The van der Waals surface area contributed by atoms with E-state index < -0.39 is 5.60 Å². The van der Waals surface area contributed by atoms with E-state index in [4.69, 9.17) is 4.74 Å². The highest BCUT2D eigenvalue weighted by atomic mass is 16.5. The van der Waals surface area contributed by atoms with E-state index in [-0.39, 0.29) is 23.2 Å². The number of carbonyl (C=O) groups excluding carboxylic acids is 2. The van der Waals surface area contributed by atoms with Gasteiger partial charge in [0, 0.05) is 23.5 Å². The molecule has 0 bridgehead atoms. The smallest absolute Gasteiger partial charge is 0.228 e. The van der Waals surface area contributed by atoms with Gasteiger partial charge in [-0.05, 0) is 16.7 Å². The average Bonchev–Trinajstić information content (AvgIpc) is 2.92. The number of rotatable bonds is 3. The third-order valence-corrected chi connectivity index (χ3v) is 6.91. The third-order valence-electron chi connectivity index (χ3n) is 6.91. The molecule has 2 aliphatic rings. The number of hydrogen-bond acceptors (Lipinski definition) is 3. The van der Waals surface area contributed by atoms with Crippen molar-refractivity contribution in [3.8, 4) is 0 Å². The highest BCUT2D eigenvalue weighted by molar-refractivity contribution is 6.26. The molecular formula is C31H22O3. The lowest BCUT2D eigenvalue weighted by atomic mass is 9.69. The second-order valence-electron chi connectivity index (χ2n) is 8.78. The van der Waals surface area contributed by atoms with Crippen LogP contribution in [0.3, 0.4) is 0 Å². The molecular weight excluding hydrogens is 420 g/mol. The molecule has 0 amide bonds. The summed E-state index contributed by atoms with van der Waals surface area (Å²) in [5.41, 5.74) is 3.29. The van der Waals surface area contributed by atoms with Gasteiger partial charge in [0.15, 0.2) is 17.1 Å². The van der Waals surface area contributed by atoms with Crippen LogP contribution in [0.5, 0.6) is 0 Å². The molecule has 1 heterocycles. The highest BCUT2D eigenvalue weighted by Crippen LogP contribution is 2.52. The van der Waals surface area contributed by atoms with Crippen LogP contribution >= 0.6 is 0 Å². The SMILES string of the molecule is O=C1C2=C(C(=O)c3ccccc31)C(c1ccccc1)CC(c1ccccc1)(c1ccccc1)O2. The lowest BCUT2D eigenvalue weighted by molar-refractivity contribution is 0.00395.